The minimum absolute atomic E-state index is 0.175. The van der Waals surface area contributed by atoms with Gasteiger partial charge < -0.3 is 14.4 Å². The van der Waals surface area contributed by atoms with Crippen molar-refractivity contribution in [2.75, 3.05) is 32.8 Å². The molecule has 0 unspecified atom stereocenters. The lowest BCUT2D eigenvalue weighted by Crippen LogP contribution is -2.49. The Morgan fingerprint density at radius 1 is 1.25 bits per heavy atom. The van der Waals surface area contributed by atoms with Crippen LogP contribution in [-0.2, 0) is 17.5 Å². The maximum atomic E-state index is 12.7. The van der Waals surface area contributed by atoms with Crippen LogP contribution in [0.25, 0.3) is 11.1 Å². The molecule has 1 aliphatic rings. The number of aliphatic hydroxyl groups excluding tert-OH is 1. The van der Waals surface area contributed by atoms with Crippen molar-refractivity contribution in [1.82, 2.24) is 14.8 Å². The van der Waals surface area contributed by atoms with Gasteiger partial charge in [0.2, 0.25) is 11.8 Å². The molecule has 0 aliphatic carbocycles. The van der Waals surface area contributed by atoms with Crippen molar-refractivity contribution >= 4 is 17.0 Å². The molecule has 2 heterocycles. The lowest BCUT2D eigenvalue weighted by Gasteiger charge is -2.33. The van der Waals surface area contributed by atoms with E-state index in [-0.39, 0.29) is 11.4 Å². The Bertz CT molecular complexity index is 736. The molecule has 24 heavy (non-hydrogen) atoms. The zero-order valence-corrected chi connectivity index (χ0v) is 12.7. The van der Waals surface area contributed by atoms with E-state index in [0.717, 1.165) is 12.1 Å². The highest BCUT2D eigenvalue weighted by Crippen LogP contribution is 2.31. The molecule has 0 radical (unpaired) electrons. The molecule has 1 aromatic carbocycles. The summed E-state index contributed by atoms with van der Waals surface area (Å²) in [7, 11) is 0. The molecule has 0 bridgehead atoms. The first-order valence-electron chi connectivity index (χ1n) is 7.44. The van der Waals surface area contributed by atoms with Crippen LogP contribution in [0.2, 0.25) is 0 Å². The van der Waals surface area contributed by atoms with E-state index in [1.165, 1.54) is 6.07 Å². The van der Waals surface area contributed by atoms with E-state index in [1.54, 1.807) is 4.90 Å². The summed E-state index contributed by atoms with van der Waals surface area (Å²) in [5, 5.41) is 8.84. The molecule has 1 aliphatic heterocycles. The molecule has 6 nitrogen and oxygen atoms in total. The third kappa shape index (κ3) is 3.51. The van der Waals surface area contributed by atoms with Crippen molar-refractivity contribution in [3.8, 4) is 0 Å². The van der Waals surface area contributed by atoms with Crippen LogP contribution in [0.1, 0.15) is 11.5 Å². The molecule has 3 rings (SSSR count). The number of fused-ring (bicyclic) bond motifs is 1. The predicted octanol–water partition coefficient (Wildman–Crippen LogP) is 1.48. The van der Waals surface area contributed by atoms with Crippen LogP contribution in [0.3, 0.4) is 0 Å². The van der Waals surface area contributed by atoms with Crippen molar-refractivity contribution in [2.45, 2.75) is 12.7 Å². The molecule has 2 aromatic rings. The SMILES string of the molecule is O=C(CO)N1CCN(Cc2nc3cc(C(F)(F)F)ccc3o2)CC1. The minimum Gasteiger partial charge on any atom is -0.439 e. The number of piperazine rings is 1. The van der Waals surface area contributed by atoms with Crippen LogP contribution in [0.5, 0.6) is 0 Å². The minimum atomic E-state index is -4.41. The molecule has 0 spiro atoms. The number of carbonyl (C=O) groups excluding carboxylic acids is 1. The standard InChI is InChI=1S/C15H16F3N3O3/c16-15(17,18)10-1-2-12-11(7-10)19-13(24-12)8-20-3-5-21(6-4-20)14(23)9-22/h1-2,7,22H,3-6,8-9H2. The fourth-order valence-corrected chi connectivity index (χ4v) is 2.67. The van der Waals surface area contributed by atoms with E-state index in [4.69, 9.17) is 9.52 Å². The first kappa shape index (κ1) is 16.7. The van der Waals surface area contributed by atoms with E-state index in [0.29, 0.717) is 44.2 Å². The third-order valence-electron chi connectivity index (χ3n) is 3.98. The van der Waals surface area contributed by atoms with Gasteiger partial charge in [0.1, 0.15) is 12.1 Å². The van der Waals surface area contributed by atoms with Crippen molar-refractivity contribution < 1.29 is 27.5 Å². The van der Waals surface area contributed by atoms with Gasteiger partial charge >= 0.3 is 6.18 Å². The van der Waals surface area contributed by atoms with Crippen LogP contribution < -0.4 is 0 Å². The summed E-state index contributed by atoms with van der Waals surface area (Å²) in [5.74, 6) is 0.0300. The molecule has 130 valence electrons. The highest BCUT2D eigenvalue weighted by molar-refractivity contribution is 5.77. The van der Waals surface area contributed by atoms with Gasteiger partial charge in [0.05, 0.1) is 12.1 Å². The Balaban J connectivity index is 1.67. The molecule has 0 atom stereocenters. The van der Waals surface area contributed by atoms with E-state index in [2.05, 4.69) is 4.98 Å². The molecule has 0 saturated carbocycles. The van der Waals surface area contributed by atoms with Crippen LogP contribution in [0.4, 0.5) is 13.2 Å². The summed E-state index contributed by atoms with van der Waals surface area (Å²) in [6.45, 7) is 1.98. The second kappa shape index (κ2) is 6.40. The van der Waals surface area contributed by atoms with E-state index < -0.39 is 18.3 Å². The average molecular weight is 343 g/mol. The lowest BCUT2D eigenvalue weighted by atomic mass is 10.2. The fraction of sp³-hybridized carbons (Fsp3) is 0.467. The first-order valence-corrected chi connectivity index (χ1v) is 7.44. The number of carbonyl (C=O) groups is 1. The maximum absolute atomic E-state index is 12.7. The smallest absolute Gasteiger partial charge is 0.416 e. The van der Waals surface area contributed by atoms with Gasteiger partial charge in [-0.15, -0.1) is 0 Å². The van der Waals surface area contributed by atoms with Crippen LogP contribution in [-0.4, -0.2) is 58.6 Å². The zero-order chi connectivity index (χ0) is 17.3. The fourth-order valence-electron chi connectivity index (χ4n) is 2.67. The monoisotopic (exact) mass is 343 g/mol. The quantitative estimate of drug-likeness (QED) is 0.914. The number of nitrogens with zero attached hydrogens (tertiary/aromatic N) is 3. The molecule has 1 fully saturated rings. The highest BCUT2D eigenvalue weighted by atomic mass is 19.4. The molecule has 1 N–H and O–H groups in total. The first-order chi connectivity index (χ1) is 11.4. The molecule has 1 saturated heterocycles. The van der Waals surface area contributed by atoms with E-state index in [1.807, 2.05) is 4.90 Å². The van der Waals surface area contributed by atoms with Gasteiger partial charge in [-0.05, 0) is 18.2 Å². The van der Waals surface area contributed by atoms with Crippen LogP contribution in [0, 0.1) is 0 Å². The molecule has 1 amide bonds. The topological polar surface area (TPSA) is 69.8 Å². The van der Waals surface area contributed by atoms with Crippen molar-refractivity contribution in [1.29, 1.82) is 0 Å². The maximum Gasteiger partial charge on any atom is 0.416 e. The largest absolute Gasteiger partial charge is 0.439 e. The van der Waals surface area contributed by atoms with Crippen molar-refractivity contribution in [3.05, 3.63) is 29.7 Å². The number of hydrogen-bond acceptors (Lipinski definition) is 5. The lowest BCUT2D eigenvalue weighted by molar-refractivity contribution is -0.137. The molecular formula is C15H16F3N3O3. The summed E-state index contributed by atoms with van der Waals surface area (Å²) < 4.78 is 43.6. The predicted molar refractivity (Wildman–Crippen MR) is 78.0 cm³/mol. The third-order valence-corrected chi connectivity index (χ3v) is 3.98. The Kier molecular flexibility index (Phi) is 4.46. The summed E-state index contributed by atoms with van der Waals surface area (Å²) in [4.78, 5) is 19.1. The van der Waals surface area contributed by atoms with Gasteiger partial charge in [-0.25, -0.2) is 4.98 Å². The average Bonchev–Trinajstić information content (AvgIpc) is 2.95. The van der Waals surface area contributed by atoms with Gasteiger partial charge in [-0.1, -0.05) is 0 Å². The number of oxazole rings is 1. The van der Waals surface area contributed by atoms with Gasteiger partial charge in [-0.3, -0.25) is 9.69 Å². The second-order valence-electron chi connectivity index (χ2n) is 5.60. The summed E-state index contributed by atoms with van der Waals surface area (Å²) in [5.41, 5.74) is -0.271. The van der Waals surface area contributed by atoms with Gasteiger partial charge in [0.15, 0.2) is 5.58 Å². The second-order valence-corrected chi connectivity index (χ2v) is 5.60. The summed E-state index contributed by atoms with van der Waals surface area (Å²) >= 11 is 0. The van der Waals surface area contributed by atoms with Crippen LogP contribution in [0.15, 0.2) is 22.6 Å². The van der Waals surface area contributed by atoms with Crippen LogP contribution >= 0.6 is 0 Å². The number of rotatable bonds is 3. The number of alkyl halides is 3. The van der Waals surface area contributed by atoms with Gasteiger partial charge in [-0.2, -0.15) is 13.2 Å². The Morgan fingerprint density at radius 3 is 2.58 bits per heavy atom. The summed E-state index contributed by atoms with van der Waals surface area (Å²) in [6, 6.07) is 3.21. The van der Waals surface area contributed by atoms with Crippen molar-refractivity contribution in [3.63, 3.8) is 0 Å². The van der Waals surface area contributed by atoms with E-state index >= 15 is 0 Å². The Morgan fingerprint density at radius 2 is 1.96 bits per heavy atom. The molecule has 9 heteroatoms. The normalized spacial score (nSPS) is 16.8. The number of amides is 1. The zero-order valence-electron chi connectivity index (χ0n) is 12.7. The number of halogens is 3. The summed E-state index contributed by atoms with van der Waals surface area (Å²) in [6.07, 6.45) is -4.41. The van der Waals surface area contributed by atoms with Gasteiger partial charge in [0.25, 0.3) is 0 Å². The van der Waals surface area contributed by atoms with Gasteiger partial charge in [0, 0.05) is 26.2 Å². The Labute approximate surface area is 135 Å². The molecular weight excluding hydrogens is 327 g/mol. The van der Waals surface area contributed by atoms with E-state index in [9.17, 15) is 18.0 Å². The number of aromatic nitrogens is 1. The Hall–Kier alpha value is -2.13. The highest BCUT2D eigenvalue weighted by Gasteiger charge is 2.31. The number of benzene rings is 1. The molecule has 1 aromatic heterocycles. The number of aliphatic hydroxyl groups is 1. The van der Waals surface area contributed by atoms with Crippen molar-refractivity contribution in [2.24, 2.45) is 0 Å². The number of hydrogen-bond donors (Lipinski definition) is 1.